The second-order valence-electron chi connectivity index (χ2n) is 6.83. The maximum absolute atomic E-state index is 5.48. The molecule has 27 heavy (non-hydrogen) atoms. The van der Waals surface area contributed by atoms with E-state index in [1.54, 1.807) is 6.26 Å². The third kappa shape index (κ3) is 4.64. The molecule has 0 bridgehead atoms. The minimum Gasteiger partial charge on any atom is -0.461 e. The highest BCUT2D eigenvalue weighted by Gasteiger charge is 2.15. The van der Waals surface area contributed by atoms with Gasteiger partial charge in [-0.15, -0.1) is 5.10 Å². The number of morpholine rings is 1. The highest BCUT2D eigenvalue weighted by Crippen LogP contribution is 2.17. The number of hydrogen-bond acceptors (Lipinski definition) is 6. The molecule has 1 saturated heterocycles. The van der Waals surface area contributed by atoms with E-state index in [1.807, 2.05) is 40.7 Å². The average molecular weight is 370 g/mol. The van der Waals surface area contributed by atoms with Crippen LogP contribution in [0.5, 0.6) is 0 Å². The van der Waals surface area contributed by atoms with Crippen molar-refractivity contribution >= 4 is 0 Å². The van der Waals surface area contributed by atoms with Crippen molar-refractivity contribution in [3.8, 4) is 11.6 Å². The Morgan fingerprint density at radius 1 is 1.07 bits per heavy atom. The molecule has 0 radical (unpaired) electrons. The van der Waals surface area contributed by atoms with Crippen molar-refractivity contribution in [1.29, 1.82) is 0 Å². The Hall–Kier alpha value is -2.45. The third-order valence-electron chi connectivity index (χ3n) is 4.78. The van der Waals surface area contributed by atoms with Crippen molar-refractivity contribution in [2.45, 2.75) is 32.9 Å². The second kappa shape index (κ2) is 8.49. The van der Waals surface area contributed by atoms with Gasteiger partial charge in [0.1, 0.15) is 5.82 Å². The Bertz CT molecular complexity index is 832. The van der Waals surface area contributed by atoms with Crippen LogP contribution in [0.3, 0.4) is 0 Å². The summed E-state index contributed by atoms with van der Waals surface area (Å²) in [6.45, 7) is 8.38. The lowest BCUT2D eigenvalue weighted by Crippen LogP contribution is -2.37. The van der Waals surface area contributed by atoms with E-state index in [-0.39, 0.29) is 0 Å². The molecule has 0 atom stereocenters. The number of aryl methyl sites for hydroxylation is 4. The van der Waals surface area contributed by atoms with Crippen molar-refractivity contribution in [1.82, 2.24) is 29.4 Å². The fraction of sp³-hybridized carbons (Fsp3) is 0.526. The Kier molecular flexibility index (Phi) is 5.64. The Balaban J connectivity index is 1.42. The summed E-state index contributed by atoms with van der Waals surface area (Å²) in [6, 6.07) is 5.77. The lowest BCUT2D eigenvalue weighted by atomic mass is 10.3. The lowest BCUT2D eigenvalue weighted by molar-refractivity contribution is 0.0368. The van der Waals surface area contributed by atoms with Crippen LogP contribution in [0.25, 0.3) is 11.6 Å². The quantitative estimate of drug-likeness (QED) is 0.604. The molecule has 0 aromatic carbocycles. The Morgan fingerprint density at radius 2 is 1.96 bits per heavy atom. The van der Waals surface area contributed by atoms with Crippen LogP contribution >= 0.6 is 0 Å². The number of furan rings is 1. The van der Waals surface area contributed by atoms with E-state index in [1.165, 1.54) is 0 Å². The monoisotopic (exact) mass is 370 g/mol. The van der Waals surface area contributed by atoms with E-state index in [0.717, 1.165) is 70.3 Å². The number of nitrogens with zero attached hydrogens (tertiary/aromatic N) is 6. The molecule has 4 rings (SSSR count). The number of aromatic nitrogens is 5. The number of ether oxygens (including phenoxy) is 1. The van der Waals surface area contributed by atoms with Gasteiger partial charge in [0, 0.05) is 45.3 Å². The predicted molar refractivity (Wildman–Crippen MR) is 100 cm³/mol. The summed E-state index contributed by atoms with van der Waals surface area (Å²) in [6.07, 6.45) is 5.48. The van der Waals surface area contributed by atoms with Gasteiger partial charge in [0.25, 0.3) is 0 Å². The molecule has 0 N–H and O–H groups in total. The number of hydrogen-bond donors (Lipinski definition) is 0. The van der Waals surface area contributed by atoms with Gasteiger partial charge in [0.2, 0.25) is 5.82 Å². The van der Waals surface area contributed by atoms with Crippen LogP contribution in [-0.2, 0) is 24.2 Å². The van der Waals surface area contributed by atoms with E-state index < -0.39 is 0 Å². The average Bonchev–Trinajstić information content (AvgIpc) is 3.42. The van der Waals surface area contributed by atoms with Crippen LogP contribution < -0.4 is 0 Å². The van der Waals surface area contributed by atoms with E-state index in [4.69, 9.17) is 19.2 Å². The van der Waals surface area contributed by atoms with E-state index in [0.29, 0.717) is 11.6 Å². The summed E-state index contributed by atoms with van der Waals surface area (Å²) in [4.78, 5) is 7.17. The molecule has 0 saturated carbocycles. The van der Waals surface area contributed by atoms with Gasteiger partial charge < -0.3 is 9.15 Å². The largest absolute Gasteiger partial charge is 0.461 e. The van der Waals surface area contributed by atoms with Gasteiger partial charge in [-0.2, -0.15) is 5.10 Å². The second-order valence-corrected chi connectivity index (χ2v) is 6.83. The molecule has 3 aromatic heterocycles. The first-order valence-corrected chi connectivity index (χ1v) is 9.56. The van der Waals surface area contributed by atoms with Gasteiger partial charge in [-0.1, -0.05) is 0 Å². The van der Waals surface area contributed by atoms with Crippen molar-refractivity contribution in [3.63, 3.8) is 0 Å². The maximum atomic E-state index is 5.48. The molecule has 1 fully saturated rings. The normalized spacial score (nSPS) is 15.4. The fourth-order valence-electron chi connectivity index (χ4n) is 3.32. The van der Waals surface area contributed by atoms with Crippen molar-refractivity contribution < 1.29 is 9.15 Å². The highest BCUT2D eigenvalue weighted by molar-refractivity contribution is 5.45. The molecule has 0 aliphatic carbocycles. The van der Waals surface area contributed by atoms with Crippen LogP contribution in [0.4, 0.5) is 0 Å². The molecule has 1 aliphatic rings. The molecular formula is C19H26N6O2. The molecule has 0 spiro atoms. The van der Waals surface area contributed by atoms with Crippen molar-refractivity contribution in [2.75, 3.05) is 32.8 Å². The van der Waals surface area contributed by atoms with Crippen molar-refractivity contribution in [2.24, 2.45) is 0 Å². The van der Waals surface area contributed by atoms with Crippen LogP contribution in [-0.4, -0.2) is 62.3 Å². The minimum atomic E-state index is 0.651. The van der Waals surface area contributed by atoms with Gasteiger partial charge in [0.15, 0.2) is 5.76 Å². The fourth-order valence-corrected chi connectivity index (χ4v) is 3.32. The van der Waals surface area contributed by atoms with Gasteiger partial charge >= 0.3 is 0 Å². The van der Waals surface area contributed by atoms with Crippen molar-refractivity contribution in [3.05, 3.63) is 42.2 Å². The number of rotatable bonds is 8. The van der Waals surface area contributed by atoms with Crippen LogP contribution in [0.15, 0.2) is 35.1 Å². The zero-order chi connectivity index (χ0) is 18.5. The lowest BCUT2D eigenvalue weighted by Gasteiger charge is -2.26. The SMILES string of the molecule is Cc1ccn(CCc2nc(-c3ccco3)nn2CCCN2CCOCC2)n1. The summed E-state index contributed by atoms with van der Waals surface area (Å²) in [5.41, 5.74) is 1.03. The van der Waals surface area contributed by atoms with Gasteiger partial charge in [0.05, 0.1) is 25.2 Å². The zero-order valence-corrected chi connectivity index (χ0v) is 15.8. The highest BCUT2D eigenvalue weighted by atomic mass is 16.5. The van der Waals surface area contributed by atoms with Crippen LogP contribution in [0, 0.1) is 6.92 Å². The summed E-state index contributed by atoms with van der Waals surface area (Å²) < 4.78 is 14.9. The maximum Gasteiger partial charge on any atom is 0.217 e. The summed E-state index contributed by atoms with van der Waals surface area (Å²) >= 11 is 0. The molecule has 144 valence electrons. The minimum absolute atomic E-state index is 0.651. The molecule has 0 unspecified atom stereocenters. The standard InChI is InChI=1S/C19H26N6O2/c1-16-5-9-24(21-16)10-6-18-20-19(17-4-2-13-27-17)22-25(18)8-3-7-23-11-14-26-15-12-23/h2,4-5,9,13H,3,6-8,10-12,14-15H2,1H3. The molecule has 4 heterocycles. The molecular weight excluding hydrogens is 344 g/mol. The summed E-state index contributed by atoms with van der Waals surface area (Å²) in [5, 5.41) is 9.15. The molecule has 1 aliphatic heterocycles. The Labute approximate surface area is 158 Å². The molecule has 8 nitrogen and oxygen atoms in total. The van der Waals surface area contributed by atoms with Gasteiger partial charge in [-0.25, -0.2) is 9.67 Å². The molecule has 8 heteroatoms. The first-order valence-electron chi connectivity index (χ1n) is 9.56. The van der Waals surface area contributed by atoms with E-state index in [2.05, 4.69) is 10.00 Å². The third-order valence-corrected chi connectivity index (χ3v) is 4.78. The van der Waals surface area contributed by atoms with Crippen LogP contribution in [0.1, 0.15) is 17.9 Å². The predicted octanol–water partition coefficient (Wildman–Crippen LogP) is 2.01. The van der Waals surface area contributed by atoms with Crippen LogP contribution in [0.2, 0.25) is 0 Å². The Morgan fingerprint density at radius 3 is 2.70 bits per heavy atom. The molecule has 0 amide bonds. The molecule has 3 aromatic rings. The first kappa shape index (κ1) is 17.9. The van der Waals surface area contributed by atoms with E-state index >= 15 is 0 Å². The topological polar surface area (TPSA) is 74.1 Å². The van der Waals surface area contributed by atoms with Gasteiger partial charge in [-0.3, -0.25) is 9.58 Å². The van der Waals surface area contributed by atoms with Gasteiger partial charge in [-0.05, 0) is 31.5 Å². The summed E-state index contributed by atoms with van der Waals surface area (Å²) in [5.74, 6) is 2.33. The van der Waals surface area contributed by atoms with E-state index in [9.17, 15) is 0 Å². The summed E-state index contributed by atoms with van der Waals surface area (Å²) in [7, 11) is 0. The first-order chi connectivity index (χ1) is 13.3. The zero-order valence-electron chi connectivity index (χ0n) is 15.8. The smallest absolute Gasteiger partial charge is 0.217 e.